The van der Waals surface area contributed by atoms with Crippen LogP contribution >= 0.6 is 11.3 Å². The normalized spacial score (nSPS) is 11.9. The molecule has 2 aromatic heterocycles. The maximum atomic E-state index is 13.0. The molecule has 7 heteroatoms. The molecule has 0 bridgehead atoms. The number of ether oxygens (including phenoxy) is 3. The SMILES string of the molecule is CCOc1cc(C=c2sc3nc4ccccc4n3c2=O)ccc1OCCCOc1ccccc1. The van der Waals surface area contributed by atoms with Crippen LogP contribution in [0.5, 0.6) is 17.2 Å². The lowest BCUT2D eigenvalue weighted by Crippen LogP contribution is -2.22. The first-order chi connectivity index (χ1) is 16.7. The van der Waals surface area contributed by atoms with Gasteiger partial charge in [0.05, 0.1) is 35.4 Å². The van der Waals surface area contributed by atoms with Crippen LogP contribution in [-0.4, -0.2) is 29.2 Å². The van der Waals surface area contributed by atoms with E-state index in [1.165, 1.54) is 11.3 Å². The van der Waals surface area contributed by atoms with Crippen molar-refractivity contribution in [2.24, 2.45) is 0 Å². The molecule has 0 fully saturated rings. The summed E-state index contributed by atoms with van der Waals surface area (Å²) in [6.45, 7) is 3.53. The average molecular weight is 473 g/mol. The van der Waals surface area contributed by atoms with E-state index in [9.17, 15) is 4.79 Å². The van der Waals surface area contributed by atoms with Gasteiger partial charge in [-0.2, -0.15) is 0 Å². The summed E-state index contributed by atoms with van der Waals surface area (Å²) in [5.41, 5.74) is 2.46. The van der Waals surface area contributed by atoms with Crippen LogP contribution in [0.2, 0.25) is 0 Å². The highest BCUT2D eigenvalue weighted by molar-refractivity contribution is 7.15. The number of rotatable bonds is 9. The van der Waals surface area contributed by atoms with E-state index in [2.05, 4.69) is 4.98 Å². The summed E-state index contributed by atoms with van der Waals surface area (Å²) in [6, 6.07) is 23.1. The quantitative estimate of drug-likeness (QED) is 0.291. The standard InChI is InChI=1S/C27H24N2O4S/c1-2-31-24-17-19(13-14-23(24)33-16-8-15-32-20-9-4-3-5-10-20)18-25-26(30)29-22-12-7-6-11-21(22)28-27(29)34-25/h3-7,9-14,17-18H,2,8,15-16H2,1H3. The molecule has 3 aromatic carbocycles. The van der Waals surface area contributed by atoms with E-state index in [1.54, 1.807) is 4.40 Å². The Hall–Kier alpha value is -3.84. The molecule has 5 rings (SSSR count). The van der Waals surface area contributed by atoms with Gasteiger partial charge >= 0.3 is 0 Å². The Morgan fingerprint density at radius 2 is 1.71 bits per heavy atom. The fourth-order valence-electron chi connectivity index (χ4n) is 3.71. The topological polar surface area (TPSA) is 62.1 Å². The Morgan fingerprint density at radius 3 is 2.56 bits per heavy atom. The van der Waals surface area contributed by atoms with Gasteiger partial charge in [0.2, 0.25) is 0 Å². The summed E-state index contributed by atoms with van der Waals surface area (Å²) in [5, 5.41) is 0. The minimum atomic E-state index is -0.0644. The van der Waals surface area contributed by atoms with Crippen LogP contribution in [0.15, 0.2) is 77.6 Å². The van der Waals surface area contributed by atoms with Crippen LogP contribution in [0.1, 0.15) is 18.9 Å². The first-order valence-corrected chi connectivity index (χ1v) is 12.0. The van der Waals surface area contributed by atoms with E-state index in [1.807, 2.05) is 85.8 Å². The molecule has 0 aliphatic heterocycles. The van der Waals surface area contributed by atoms with Crippen molar-refractivity contribution in [2.75, 3.05) is 19.8 Å². The molecular weight excluding hydrogens is 448 g/mol. The van der Waals surface area contributed by atoms with Crippen molar-refractivity contribution in [2.45, 2.75) is 13.3 Å². The van der Waals surface area contributed by atoms with E-state index in [0.717, 1.165) is 28.8 Å². The molecule has 0 radical (unpaired) electrons. The maximum Gasteiger partial charge on any atom is 0.274 e. The largest absolute Gasteiger partial charge is 0.493 e. The molecule has 0 spiro atoms. The molecule has 0 amide bonds. The summed E-state index contributed by atoms with van der Waals surface area (Å²) in [5.74, 6) is 2.18. The Balaban J connectivity index is 1.32. The van der Waals surface area contributed by atoms with Crippen LogP contribution in [0.4, 0.5) is 0 Å². The summed E-state index contributed by atoms with van der Waals surface area (Å²) in [7, 11) is 0. The third-order valence-electron chi connectivity index (χ3n) is 5.27. The second kappa shape index (κ2) is 9.97. The number of nitrogens with zero attached hydrogens (tertiary/aromatic N) is 2. The zero-order valence-electron chi connectivity index (χ0n) is 18.8. The Kier molecular flexibility index (Phi) is 6.44. The highest BCUT2D eigenvalue weighted by atomic mass is 32.1. The number of para-hydroxylation sites is 3. The molecule has 6 nitrogen and oxygen atoms in total. The van der Waals surface area contributed by atoms with Crippen LogP contribution in [0.25, 0.3) is 22.1 Å². The van der Waals surface area contributed by atoms with Gasteiger partial charge in [0, 0.05) is 6.42 Å². The van der Waals surface area contributed by atoms with Crippen LogP contribution < -0.4 is 24.3 Å². The fourth-order valence-corrected chi connectivity index (χ4v) is 4.70. The first kappa shape index (κ1) is 22.0. The predicted octanol–water partition coefficient (Wildman–Crippen LogP) is 4.70. The van der Waals surface area contributed by atoms with Gasteiger partial charge in [-0.25, -0.2) is 9.38 Å². The first-order valence-electron chi connectivity index (χ1n) is 11.2. The van der Waals surface area contributed by atoms with Gasteiger partial charge in [-0.05, 0) is 55.0 Å². The summed E-state index contributed by atoms with van der Waals surface area (Å²) in [6.07, 6.45) is 2.62. The van der Waals surface area contributed by atoms with Crippen molar-refractivity contribution in [3.8, 4) is 17.2 Å². The van der Waals surface area contributed by atoms with Gasteiger partial charge < -0.3 is 14.2 Å². The minimum absolute atomic E-state index is 0.0644. The summed E-state index contributed by atoms with van der Waals surface area (Å²) in [4.78, 5) is 18.3. The number of hydrogen-bond donors (Lipinski definition) is 0. The van der Waals surface area contributed by atoms with E-state index < -0.39 is 0 Å². The van der Waals surface area contributed by atoms with Crippen LogP contribution in [0.3, 0.4) is 0 Å². The molecule has 0 saturated heterocycles. The van der Waals surface area contributed by atoms with Crippen molar-refractivity contribution in [3.05, 3.63) is 93.2 Å². The van der Waals surface area contributed by atoms with Crippen molar-refractivity contribution >= 4 is 33.4 Å². The molecule has 172 valence electrons. The summed E-state index contributed by atoms with van der Waals surface area (Å²) < 4.78 is 19.8. The Labute approximate surface area is 200 Å². The lowest BCUT2D eigenvalue weighted by Gasteiger charge is -2.13. The maximum absolute atomic E-state index is 13.0. The molecule has 34 heavy (non-hydrogen) atoms. The van der Waals surface area contributed by atoms with Gasteiger partial charge in [0.1, 0.15) is 5.75 Å². The number of fused-ring (bicyclic) bond motifs is 3. The Bertz CT molecular complexity index is 1530. The minimum Gasteiger partial charge on any atom is -0.493 e. The molecular formula is C27H24N2O4S. The molecule has 0 atom stereocenters. The number of hydrogen-bond acceptors (Lipinski definition) is 6. The zero-order chi connectivity index (χ0) is 23.3. The van der Waals surface area contributed by atoms with E-state index in [0.29, 0.717) is 40.8 Å². The van der Waals surface area contributed by atoms with Crippen molar-refractivity contribution in [1.82, 2.24) is 9.38 Å². The van der Waals surface area contributed by atoms with Gasteiger partial charge in [0.15, 0.2) is 16.5 Å². The second-order valence-electron chi connectivity index (χ2n) is 7.64. The smallest absolute Gasteiger partial charge is 0.274 e. The summed E-state index contributed by atoms with van der Waals surface area (Å²) >= 11 is 1.38. The third-order valence-corrected chi connectivity index (χ3v) is 6.24. The predicted molar refractivity (Wildman–Crippen MR) is 135 cm³/mol. The van der Waals surface area contributed by atoms with Gasteiger partial charge in [0.25, 0.3) is 5.56 Å². The molecule has 0 aliphatic rings. The second-order valence-corrected chi connectivity index (χ2v) is 8.65. The number of aromatic nitrogens is 2. The number of benzene rings is 3. The molecule has 0 unspecified atom stereocenters. The van der Waals surface area contributed by atoms with Gasteiger partial charge in [-0.1, -0.05) is 47.7 Å². The number of thiazole rings is 1. The third kappa shape index (κ3) is 4.61. The van der Waals surface area contributed by atoms with Crippen LogP contribution in [-0.2, 0) is 0 Å². The average Bonchev–Trinajstić information content (AvgIpc) is 3.37. The molecule has 0 saturated carbocycles. The molecule has 2 heterocycles. The van der Waals surface area contributed by atoms with Crippen molar-refractivity contribution in [1.29, 1.82) is 0 Å². The van der Waals surface area contributed by atoms with Gasteiger partial charge in [-0.3, -0.25) is 4.79 Å². The highest BCUT2D eigenvalue weighted by Gasteiger charge is 2.11. The number of imidazole rings is 1. The van der Waals surface area contributed by atoms with E-state index in [4.69, 9.17) is 14.2 Å². The van der Waals surface area contributed by atoms with E-state index in [-0.39, 0.29) is 5.56 Å². The molecule has 0 aliphatic carbocycles. The molecule has 5 aromatic rings. The van der Waals surface area contributed by atoms with Crippen molar-refractivity contribution < 1.29 is 14.2 Å². The van der Waals surface area contributed by atoms with Crippen LogP contribution in [0, 0.1) is 0 Å². The van der Waals surface area contributed by atoms with E-state index >= 15 is 0 Å². The lowest BCUT2D eigenvalue weighted by molar-refractivity contribution is 0.236. The zero-order valence-corrected chi connectivity index (χ0v) is 19.6. The monoisotopic (exact) mass is 472 g/mol. The highest BCUT2D eigenvalue weighted by Crippen LogP contribution is 2.29. The van der Waals surface area contributed by atoms with Crippen molar-refractivity contribution in [3.63, 3.8) is 0 Å². The fraction of sp³-hybridized carbons (Fsp3) is 0.185. The molecule has 0 N–H and O–H groups in total. The lowest BCUT2D eigenvalue weighted by atomic mass is 10.2. The Morgan fingerprint density at radius 1 is 0.912 bits per heavy atom. The van der Waals surface area contributed by atoms with Gasteiger partial charge in [-0.15, -0.1) is 0 Å².